The van der Waals surface area contributed by atoms with Crippen molar-refractivity contribution in [2.45, 2.75) is 52.1 Å². The molecule has 1 aliphatic carbocycles. The van der Waals surface area contributed by atoms with E-state index in [2.05, 4.69) is 25.8 Å². The first kappa shape index (κ1) is 15.6. The zero-order chi connectivity index (χ0) is 14.8. The van der Waals surface area contributed by atoms with Gasteiger partial charge in [0.25, 0.3) is 0 Å². The molecular formula is C16H26BNO2. The van der Waals surface area contributed by atoms with Crippen LogP contribution in [0.15, 0.2) is 24.3 Å². The molecule has 20 heavy (non-hydrogen) atoms. The van der Waals surface area contributed by atoms with Crippen LogP contribution in [0, 0.1) is 5.41 Å². The van der Waals surface area contributed by atoms with Crippen molar-refractivity contribution < 1.29 is 10.0 Å². The van der Waals surface area contributed by atoms with Crippen LogP contribution < -0.4 is 5.46 Å². The first-order chi connectivity index (χ1) is 9.37. The first-order valence-electron chi connectivity index (χ1n) is 7.53. The van der Waals surface area contributed by atoms with E-state index in [4.69, 9.17) is 10.0 Å². The van der Waals surface area contributed by atoms with Gasteiger partial charge in [0.05, 0.1) is 0 Å². The first-order valence-corrected chi connectivity index (χ1v) is 7.53. The van der Waals surface area contributed by atoms with E-state index in [0.29, 0.717) is 16.9 Å². The van der Waals surface area contributed by atoms with Crippen LogP contribution in [0.2, 0.25) is 0 Å². The van der Waals surface area contributed by atoms with Gasteiger partial charge in [0.1, 0.15) is 0 Å². The molecule has 1 aromatic rings. The van der Waals surface area contributed by atoms with Crippen LogP contribution in [-0.4, -0.2) is 35.2 Å². The van der Waals surface area contributed by atoms with Crippen molar-refractivity contribution in [1.82, 2.24) is 4.90 Å². The second kappa shape index (κ2) is 6.29. The van der Waals surface area contributed by atoms with Crippen LogP contribution in [0.3, 0.4) is 0 Å². The van der Waals surface area contributed by atoms with Crippen molar-refractivity contribution in [2.24, 2.45) is 5.41 Å². The molecule has 0 atom stereocenters. The van der Waals surface area contributed by atoms with E-state index in [1.54, 1.807) is 12.1 Å². The van der Waals surface area contributed by atoms with E-state index in [1.807, 2.05) is 12.1 Å². The van der Waals surface area contributed by atoms with Gasteiger partial charge in [-0.2, -0.15) is 0 Å². The quantitative estimate of drug-likeness (QED) is 0.823. The number of nitrogens with zero attached hydrogens (tertiary/aromatic N) is 1. The molecule has 1 fully saturated rings. The molecule has 4 heteroatoms. The maximum Gasteiger partial charge on any atom is 0.488 e. The summed E-state index contributed by atoms with van der Waals surface area (Å²) in [6, 6.07) is 8.22. The molecule has 1 aromatic carbocycles. The fraction of sp³-hybridized carbons (Fsp3) is 0.625. The largest absolute Gasteiger partial charge is 0.488 e. The lowest BCUT2D eigenvalue weighted by molar-refractivity contribution is 0.123. The molecule has 0 spiro atoms. The molecule has 1 saturated carbocycles. The molecule has 110 valence electrons. The Morgan fingerprint density at radius 1 is 1.15 bits per heavy atom. The van der Waals surface area contributed by atoms with Gasteiger partial charge in [-0.05, 0) is 49.2 Å². The van der Waals surface area contributed by atoms with Crippen LogP contribution in [-0.2, 0) is 6.54 Å². The van der Waals surface area contributed by atoms with Crippen molar-refractivity contribution in [2.75, 3.05) is 7.05 Å². The summed E-state index contributed by atoms with van der Waals surface area (Å²) < 4.78 is 0. The van der Waals surface area contributed by atoms with Crippen molar-refractivity contribution in [3.63, 3.8) is 0 Å². The van der Waals surface area contributed by atoms with Crippen LogP contribution in [0.1, 0.15) is 45.1 Å². The minimum Gasteiger partial charge on any atom is -0.423 e. The van der Waals surface area contributed by atoms with Gasteiger partial charge in [0.2, 0.25) is 0 Å². The Hall–Kier alpha value is -0.835. The molecule has 0 unspecified atom stereocenters. The minimum atomic E-state index is -1.37. The van der Waals surface area contributed by atoms with Crippen molar-refractivity contribution in [1.29, 1.82) is 0 Å². The van der Waals surface area contributed by atoms with Crippen LogP contribution in [0.5, 0.6) is 0 Å². The Morgan fingerprint density at radius 3 is 2.20 bits per heavy atom. The average Bonchev–Trinajstić information content (AvgIpc) is 2.39. The van der Waals surface area contributed by atoms with Crippen molar-refractivity contribution in [3.8, 4) is 0 Å². The zero-order valence-electron chi connectivity index (χ0n) is 12.8. The monoisotopic (exact) mass is 275 g/mol. The third-order valence-electron chi connectivity index (χ3n) is 4.64. The molecule has 3 nitrogen and oxygen atoms in total. The molecule has 0 bridgehead atoms. The Kier molecular flexibility index (Phi) is 4.89. The summed E-state index contributed by atoms with van der Waals surface area (Å²) in [6.45, 7) is 5.65. The van der Waals surface area contributed by atoms with Gasteiger partial charge in [-0.3, -0.25) is 4.90 Å². The van der Waals surface area contributed by atoms with E-state index < -0.39 is 7.12 Å². The third-order valence-corrected chi connectivity index (χ3v) is 4.64. The van der Waals surface area contributed by atoms with Crippen LogP contribution in [0.25, 0.3) is 0 Å². The minimum absolute atomic E-state index is 0.510. The van der Waals surface area contributed by atoms with Gasteiger partial charge < -0.3 is 10.0 Å². The SMILES string of the molecule is CN(Cc1ccc(B(O)O)cc1)C1CCC(C)(C)CC1. The second-order valence-corrected chi connectivity index (χ2v) is 6.93. The highest BCUT2D eigenvalue weighted by molar-refractivity contribution is 6.58. The molecular weight excluding hydrogens is 249 g/mol. The molecule has 2 N–H and O–H groups in total. The summed E-state index contributed by atoms with van der Waals surface area (Å²) in [5.41, 5.74) is 2.29. The predicted molar refractivity (Wildman–Crippen MR) is 83.8 cm³/mol. The number of rotatable bonds is 4. The van der Waals surface area contributed by atoms with E-state index in [1.165, 1.54) is 31.2 Å². The Morgan fingerprint density at radius 2 is 1.70 bits per heavy atom. The maximum absolute atomic E-state index is 9.09. The zero-order valence-corrected chi connectivity index (χ0v) is 12.8. The topological polar surface area (TPSA) is 43.7 Å². The Bertz CT molecular complexity index is 421. The summed E-state index contributed by atoms with van der Waals surface area (Å²) in [6.07, 6.45) is 5.16. The lowest BCUT2D eigenvalue weighted by atomic mass is 9.75. The molecule has 0 saturated heterocycles. The predicted octanol–water partition coefficient (Wildman–Crippen LogP) is 1.77. The molecule has 0 amide bonds. The second-order valence-electron chi connectivity index (χ2n) is 6.93. The van der Waals surface area contributed by atoms with Gasteiger partial charge in [-0.1, -0.05) is 38.1 Å². The maximum atomic E-state index is 9.09. The summed E-state index contributed by atoms with van der Waals surface area (Å²) in [5, 5.41) is 18.2. The lowest BCUT2D eigenvalue weighted by Crippen LogP contribution is -2.37. The summed E-state index contributed by atoms with van der Waals surface area (Å²) in [7, 11) is 0.819. The van der Waals surface area contributed by atoms with Crippen LogP contribution in [0.4, 0.5) is 0 Å². The normalized spacial score (nSPS) is 19.3. The van der Waals surface area contributed by atoms with Gasteiger partial charge in [-0.15, -0.1) is 0 Å². The smallest absolute Gasteiger partial charge is 0.423 e. The lowest BCUT2D eigenvalue weighted by Gasteiger charge is -2.38. The van der Waals surface area contributed by atoms with E-state index in [0.717, 1.165) is 6.54 Å². The van der Waals surface area contributed by atoms with Crippen LogP contribution >= 0.6 is 0 Å². The summed E-state index contributed by atoms with van der Waals surface area (Å²) >= 11 is 0. The highest BCUT2D eigenvalue weighted by atomic mass is 16.4. The molecule has 2 rings (SSSR count). The fourth-order valence-corrected chi connectivity index (χ4v) is 3.04. The number of hydrogen-bond acceptors (Lipinski definition) is 3. The van der Waals surface area contributed by atoms with Gasteiger partial charge in [0, 0.05) is 12.6 Å². The Labute approximate surface area is 122 Å². The standard InChI is InChI=1S/C16H26BNO2/c1-16(2)10-8-15(9-11-16)18(3)12-13-4-6-14(7-5-13)17(19)20/h4-7,15,19-20H,8-12H2,1-3H3. The Balaban J connectivity index is 1.89. The van der Waals surface area contributed by atoms with Gasteiger partial charge in [-0.25, -0.2) is 0 Å². The van der Waals surface area contributed by atoms with Gasteiger partial charge in [0.15, 0.2) is 0 Å². The highest BCUT2D eigenvalue weighted by Gasteiger charge is 2.28. The van der Waals surface area contributed by atoms with Gasteiger partial charge >= 0.3 is 7.12 Å². The fourth-order valence-electron chi connectivity index (χ4n) is 3.04. The van der Waals surface area contributed by atoms with E-state index >= 15 is 0 Å². The van der Waals surface area contributed by atoms with E-state index in [-0.39, 0.29) is 0 Å². The summed E-state index contributed by atoms with van der Waals surface area (Å²) in [4.78, 5) is 2.43. The average molecular weight is 275 g/mol. The van der Waals surface area contributed by atoms with Crippen molar-refractivity contribution in [3.05, 3.63) is 29.8 Å². The molecule has 0 aliphatic heterocycles. The van der Waals surface area contributed by atoms with Crippen molar-refractivity contribution >= 4 is 12.6 Å². The summed E-state index contributed by atoms with van der Waals surface area (Å²) in [5.74, 6) is 0. The number of benzene rings is 1. The molecule has 0 aromatic heterocycles. The molecule has 0 heterocycles. The van der Waals surface area contributed by atoms with E-state index in [9.17, 15) is 0 Å². The molecule has 1 aliphatic rings. The number of hydrogen-bond donors (Lipinski definition) is 2. The third kappa shape index (κ3) is 4.08. The highest BCUT2D eigenvalue weighted by Crippen LogP contribution is 2.36. The molecule has 0 radical (unpaired) electrons.